The first kappa shape index (κ1) is 16.0. The number of benzene rings is 1. The van der Waals surface area contributed by atoms with Crippen LogP contribution in [0.2, 0.25) is 0 Å². The summed E-state index contributed by atoms with van der Waals surface area (Å²) < 4.78 is 5.09. The molecule has 1 amide bonds. The highest BCUT2D eigenvalue weighted by molar-refractivity contribution is 6.03. The van der Waals surface area contributed by atoms with Gasteiger partial charge in [0.1, 0.15) is 5.76 Å². The second kappa shape index (κ2) is 7.07. The van der Waals surface area contributed by atoms with Crippen LogP contribution in [0, 0.1) is 13.8 Å². The average Bonchev–Trinajstić information content (AvgIpc) is 2.84. The molecule has 0 fully saturated rings. The van der Waals surface area contributed by atoms with Crippen molar-refractivity contribution < 1.29 is 9.32 Å². The van der Waals surface area contributed by atoms with Gasteiger partial charge in [0, 0.05) is 17.3 Å². The van der Waals surface area contributed by atoms with E-state index in [1.54, 1.807) is 6.08 Å². The molecule has 0 bridgehead atoms. The summed E-state index contributed by atoms with van der Waals surface area (Å²) in [5, 5.41) is 6.88. The first-order chi connectivity index (χ1) is 10.6. The van der Waals surface area contributed by atoms with Crippen LogP contribution in [-0.2, 0) is 17.6 Å². The van der Waals surface area contributed by atoms with Crippen molar-refractivity contribution in [3.63, 3.8) is 0 Å². The Labute approximate surface area is 131 Å². The minimum Gasteiger partial charge on any atom is -0.361 e. The molecule has 0 saturated carbocycles. The van der Waals surface area contributed by atoms with E-state index in [4.69, 9.17) is 4.52 Å². The van der Waals surface area contributed by atoms with E-state index >= 15 is 0 Å². The maximum atomic E-state index is 12.2. The lowest BCUT2D eigenvalue weighted by Crippen LogP contribution is -2.11. The molecule has 116 valence electrons. The predicted octanol–water partition coefficient (Wildman–Crippen LogP) is 4.07. The van der Waals surface area contributed by atoms with Crippen LogP contribution < -0.4 is 5.32 Å². The van der Waals surface area contributed by atoms with E-state index in [-0.39, 0.29) is 5.91 Å². The van der Waals surface area contributed by atoms with Gasteiger partial charge in [-0.25, -0.2) is 0 Å². The van der Waals surface area contributed by atoms with Gasteiger partial charge >= 0.3 is 0 Å². The Balaban J connectivity index is 2.19. The molecular formula is C18H22N2O2. The quantitative estimate of drug-likeness (QED) is 0.847. The SMILES string of the molecule is CCc1cccc(CC)c1NC(=O)/C=C/c1c(C)noc1C. The fraction of sp³-hybridized carbons (Fsp3) is 0.333. The highest BCUT2D eigenvalue weighted by Crippen LogP contribution is 2.22. The highest BCUT2D eigenvalue weighted by atomic mass is 16.5. The standard InChI is InChI=1S/C18H22N2O2/c1-5-14-8-7-9-15(6-2)18(14)19-17(21)11-10-16-12(3)20-22-13(16)4/h7-11H,5-6H2,1-4H3,(H,19,21)/b11-10+. The van der Waals surface area contributed by atoms with E-state index in [0.717, 1.165) is 40.9 Å². The summed E-state index contributed by atoms with van der Waals surface area (Å²) in [6, 6.07) is 6.13. The Hall–Kier alpha value is -2.36. The molecule has 4 nitrogen and oxygen atoms in total. The van der Waals surface area contributed by atoms with E-state index < -0.39 is 0 Å². The van der Waals surface area contributed by atoms with Crippen molar-refractivity contribution in [3.05, 3.63) is 52.4 Å². The second-order valence-electron chi connectivity index (χ2n) is 5.22. The van der Waals surface area contributed by atoms with Gasteiger partial charge in [0.05, 0.1) is 5.69 Å². The summed E-state index contributed by atoms with van der Waals surface area (Å²) in [6.45, 7) is 7.86. The van der Waals surface area contributed by atoms with Crippen LogP contribution in [-0.4, -0.2) is 11.1 Å². The molecule has 1 N–H and O–H groups in total. The molecular weight excluding hydrogens is 276 g/mol. The number of anilines is 1. The molecule has 0 radical (unpaired) electrons. The minimum atomic E-state index is -0.143. The summed E-state index contributed by atoms with van der Waals surface area (Å²) >= 11 is 0. The normalized spacial score (nSPS) is 11.1. The van der Waals surface area contributed by atoms with Crippen LogP contribution in [0.15, 0.2) is 28.8 Å². The van der Waals surface area contributed by atoms with E-state index in [1.165, 1.54) is 6.08 Å². The van der Waals surface area contributed by atoms with Crippen molar-refractivity contribution in [1.29, 1.82) is 0 Å². The molecule has 0 aliphatic heterocycles. The number of nitrogens with one attached hydrogen (secondary N) is 1. The third-order valence-electron chi connectivity index (χ3n) is 3.74. The molecule has 0 aliphatic carbocycles. The van der Waals surface area contributed by atoms with E-state index in [1.807, 2.05) is 32.0 Å². The van der Waals surface area contributed by atoms with Crippen LogP contribution in [0.4, 0.5) is 5.69 Å². The molecule has 2 aromatic rings. The van der Waals surface area contributed by atoms with Crippen LogP contribution in [0.5, 0.6) is 0 Å². The zero-order chi connectivity index (χ0) is 16.1. The molecule has 0 spiro atoms. The Kier molecular flexibility index (Phi) is 5.15. The number of carbonyl (C=O) groups excluding carboxylic acids is 1. The molecule has 22 heavy (non-hydrogen) atoms. The Morgan fingerprint density at radius 1 is 1.23 bits per heavy atom. The van der Waals surface area contributed by atoms with Gasteiger partial charge in [-0.3, -0.25) is 4.79 Å². The number of amides is 1. The number of rotatable bonds is 5. The highest BCUT2D eigenvalue weighted by Gasteiger charge is 2.09. The molecule has 0 aliphatic rings. The van der Waals surface area contributed by atoms with Crippen molar-refractivity contribution in [1.82, 2.24) is 5.16 Å². The average molecular weight is 298 g/mol. The fourth-order valence-electron chi connectivity index (χ4n) is 2.46. The van der Waals surface area contributed by atoms with Gasteiger partial charge in [-0.15, -0.1) is 0 Å². The molecule has 1 aromatic heterocycles. The summed E-state index contributed by atoms with van der Waals surface area (Å²) in [5.74, 6) is 0.570. The summed E-state index contributed by atoms with van der Waals surface area (Å²) in [4.78, 5) is 12.2. The third-order valence-corrected chi connectivity index (χ3v) is 3.74. The minimum absolute atomic E-state index is 0.143. The molecule has 1 heterocycles. The van der Waals surface area contributed by atoms with Crippen LogP contribution in [0.3, 0.4) is 0 Å². The van der Waals surface area contributed by atoms with Crippen molar-refractivity contribution in [2.24, 2.45) is 0 Å². The fourth-order valence-corrected chi connectivity index (χ4v) is 2.46. The summed E-state index contributed by atoms with van der Waals surface area (Å²) in [7, 11) is 0. The topological polar surface area (TPSA) is 55.1 Å². The smallest absolute Gasteiger partial charge is 0.248 e. The van der Waals surface area contributed by atoms with Crippen molar-refractivity contribution in [2.45, 2.75) is 40.5 Å². The third kappa shape index (κ3) is 3.45. The summed E-state index contributed by atoms with van der Waals surface area (Å²) in [5.41, 5.74) is 4.87. The number of aryl methyl sites for hydroxylation is 4. The number of aromatic nitrogens is 1. The number of hydrogen-bond donors (Lipinski definition) is 1. The predicted molar refractivity (Wildman–Crippen MR) is 88.8 cm³/mol. The monoisotopic (exact) mass is 298 g/mol. The first-order valence-corrected chi connectivity index (χ1v) is 7.59. The van der Waals surface area contributed by atoms with E-state index in [0.29, 0.717) is 5.76 Å². The number of hydrogen-bond acceptors (Lipinski definition) is 3. The lowest BCUT2D eigenvalue weighted by atomic mass is 10.0. The van der Waals surface area contributed by atoms with Gasteiger partial charge in [0.25, 0.3) is 0 Å². The zero-order valence-corrected chi connectivity index (χ0v) is 13.6. The number of nitrogens with zero attached hydrogens (tertiary/aromatic N) is 1. The van der Waals surface area contributed by atoms with Crippen molar-refractivity contribution in [2.75, 3.05) is 5.32 Å². The first-order valence-electron chi connectivity index (χ1n) is 7.59. The molecule has 2 rings (SSSR count). The Bertz CT molecular complexity index is 657. The molecule has 1 aromatic carbocycles. The Morgan fingerprint density at radius 2 is 1.86 bits per heavy atom. The van der Waals surface area contributed by atoms with Gasteiger partial charge in [0.2, 0.25) is 5.91 Å². The van der Waals surface area contributed by atoms with Crippen LogP contribution >= 0.6 is 0 Å². The van der Waals surface area contributed by atoms with Crippen molar-refractivity contribution >= 4 is 17.7 Å². The van der Waals surface area contributed by atoms with E-state index in [2.05, 4.69) is 24.3 Å². The lowest BCUT2D eigenvalue weighted by molar-refractivity contribution is -0.111. The maximum Gasteiger partial charge on any atom is 0.248 e. The van der Waals surface area contributed by atoms with Gasteiger partial charge in [-0.1, -0.05) is 37.2 Å². The summed E-state index contributed by atoms with van der Waals surface area (Å²) in [6.07, 6.45) is 5.04. The van der Waals surface area contributed by atoms with Gasteiger partial charge in [0.15, 0.2) is 0 Å². The molecule has 0 unspecified atom stereocenters. The maximum absolute atomic E-state index is 12.2. The van der Waals surface area contributed by atoms with Gasteiger partial charge in [-0.2, -0.15) is 0 Å². The van der Waals surface area contributed by atoms with Crippen LogP contribution in [0.25, 0.3) is 6.08 Å². The second-order valence-corrected chi connectivity index (χ2v) is 5.22. The molecule has 4 heteroatoms. The van der Waals surface area contributed by atoms with E-state index in [9.17, 15) is 4.79 Å². The van der Waals surface area contributed by atoms with Crippen molar-refractivity contribution in [3.8, 4) is 0 Å². The largest absolute Gasteiger partial charge is 0.361 e. The zero-order valence-electron chi connectivity index (χ0n) is 13.6. The Morgan fingerprint density at radius 3 is 2.36 bits per heavy atom. The van der Waals surface area contributed by atoms with Crippen LogP contribution in [0.1, 0.15) is 42.0 Å². The number of carbonyl (C=O) groups is 1. The lowest BCUT2D eigenvalue weighted by Gasteiger charge is -2.13. The molecule has 0 saturated heterocycles. The van der Waals surface area contributed by atoms with Gasteiger partial charge < -0.3 is 9.84 Å². The van der Waals surface area contributed by atoms with Gasteiger partial charge in [-0.05, 0) is 43.9 Å². The molecule has 0 atom stereocenters. The number of para-hydroxylation sites is 1.